The molecule has 1 aromatic carbocycles. The molecule has 1 heterocycles. The zero-order valence-electron chi connectivity index (χ0n) is 11.0. The van der Waals surface area contributed by atoms with Gasteiger partial charge in [0, 0.05) is 10.6 Å². The molecule has 0 aliphatic heterocycles. The quantitative estimate of drug-likeness (QED) is 0.876. The maximum atomic E-state index is 11.8. The van der Waals surface area contributed by atoms with Crippen LogP contribution in [0.5, 0.6) is 0 Å². The number of methoxy groups -OCH3 is 1. The van der Waals surface area contributed by atoms with Gasteiger partial charge >= 0.3 is 5.97 Å². The summed E-state index contributed by atoms with van der Waals surface area (Å²) in [6.45, 7) is -0.233. The second-order valence-electron chi connectivity index (χ2n) is 4.05. The molecule has 0 bridgehead atoms. The van der Waals surface area contributed by atoms with Crippen LogP contribution in [0.15, 0.2) is 34.7 Å². The van der Waals surface area contributed by atoms with E-state index in [-0.39, 0.29) is 12.3 Å². The number of hydrogen-bond acceptors (Lipinski definition) is 4. The largest absolute Gasteiger partial charge is 0.468 e. The highest BCUT2D eigenvalue weighted by molar-refractivity contribution is 6.35. The number of furan rings is 1. The highest BCUT2D eigenvalue weighted by Crippen LogP contribution is 2.31. The Morgan fingerprint density at radius 3 is 2.71 bits per heavy atom. The zero-order valence-corrected chi connectivity index (χ0v) is 12.5. The fourth-order valence-electron chi connectivity index (χ4n) is 1.60. The topological polar surface area (TPSA) is 68.5 Å². The molecule has 1 amide bonds. The molecule has 21 heavy (non-hydrogen) atoms. The first-order valence-corrected chi connectivity index (χ1v) is 6.67. The van der Waals surface area contributed by atoms with E-state index in [0.717, 1.165) is 0 Å². The molecular formula is C14H11Cl2NO4. The monoisotopic (exact) mass is 327 g/mol. The summed E-state index contributed by atoms with van der Waals surface area (Å²) < 4.78 is 9.85. The van der Waals surface area contributed by atoms with Crippen molar-refractivity contribution in [2.45, 2.75) is 0 Å². The molecule has 0 aliphatic rings. The Labute approximate surface area is 130 Å². The first kappa shape index (κ1) is 15.4. The van der Waals surface area contributed by atoms with Crippen LogP contribution in [-0.4, -0.2) is 25.5 Å². The van der Waals surface area contributed by atoms with Gasteiger partial charge in [0.2, 0.25) is 0 Å². The van der Waals surface area contributed by atoms with Gasteiger partial charge in [-0.05, 0) is 30.3 Å². The van der Waals surface area contributed by atoms with Gasteiger partial charge in [0.05, 0.1) is 12.1 Å². The molecule has 0 spiro atoms. The number of halogens is 2. The molecule has 1 aromatic heterocycles. The van der Waals surface area contributed by atoms with Crippen molar-refractivity contribution < 1.29 is 18.7 Å². The summed E-state index contributed by atoms with van der Waals surface area (Å²) in [5, 5.41) is 3.33. The lowest BCUT2D eigenvalue weighted by atomic mass is 10.2. The highest BCUT2D eigenvalue weighted by Gasteiger charge is 2.15. The Kier molecular flexibility index (Phi) is 4.88. The average molecular weight is 328 g/mol. The van der Waals surface area contributed by atoms with E-state index in [0.29, 0.717) is 21.4 Å². The Hall–Kier alpha value is -1.98. The standard InChI is InChI=1S/C14H11Cl2NO4/c1-20-13(18)7-17-14(19)12-5-4-11(21-12)9-6-8(15)2-3-10(9)16/h2-6H,7H2,1H3,(H,17,19). The fourth-order valence-corrected chi connectivity index (χ4v) is 1.99. The van der Waals surface area contributed by atoms with Gasteiger partial charge in [-0.3, -0.25) is 9.59 Å². The van der Waals surface area contributed by atoms with Crippen LogP contribution in [-0.2, 0) is 9.53 Å². The van der Waals surface area contributed by atoms with Crippen LogP contribution in [0, 0.1) is 0 Å². The molecule has 0 radical (unpaired) electrons. The van der Waals surface area contributed by atoms with Crippen LogP contribution < -0.4 is 5.32 Å². The summed E-state index contributed by atoms with van der Waals surface area (Å²) in [7, 11) is 1.24. The summed E-state index contributed by atoms with van der Waals surface area (Å²) >= 11 is 12.0. The van der Waals surface area contributed by atoms with Gasteiger partial charge in [-0.2, -0.15) is 0 Å². The second-order valence-corrected chi connectivity index (χ2v) is 4.89. The van der Waals surface area contributed by atoms with E-state index >= 15 is 0 Å². The van der Waals surface area contributed by atoms with Gasteiger partial charge in [0.1, 0.15) is 12.3 Å². The number of nitrogens with one attached hydrogen (secondary N) is 1. The van der Waals surface area contributed by atoms with Gasteiger partial charge < -0.3 is 14.5 Å². The summed E-state index contributed by atoms with van der Waals surface area (Å²) in [5.41, 5.74) is 0.580. The Morgan fingerprint density at radius 1 is 1.24 bits per heavy atom. The number of amides is 1. The van der Waals surface area contributed by atoms with Crippen LogP contribution >= 0.6 is 23.2 Å². The van der Waals surface area contributed by atoms with Gasteiger partial charge in [-0.1, -0.05) is 23.2 Å². The lowest BCUT2D eigenvalue weighted by Crippen LogP contribution is -2.29. The van der Waals surface area contributed by atoms with E-state index < -0.39 is 11.9 Å². The maximum absolute atomic E-state index is 11.8. The maximum Gasteiger partial charge on any atom is 0.325 e. The normalized spacial score (nSPS) is 10.2. The van der Waals surface area contributed by atoms with Crippen molar-refractivity contribution in [3.63, 3.8) is 0 Å². The molecule has 2 rings (SSSR count). The molecule has 0 fully saturated rings. The van der Waals surface area contributed by atoms with E-state index in [1.165, 1.54) is 13.2 Å². The minimum absolute atomic E-state index is 0.0601. The number of benzene rings is 1. The van der Waals surface area contributed by atoms with E-state index in [9.17, 15) is 9.59 Å². The molecule has 110 valence electrons. The summed E-state index contributed by atoms with van der Waals surface area (Å²) in [4.78, 5) is 22.7. The Morgan fingerprint density at radius 2 is 2.00 bits per heavy atom. The molecule has 0 atom stereocenters. The first-order chi connectivity index (χ1) is 10.0. The predicted octanol–water partition coefficient (Wildman–Crippen LogP) is 3.16. The van der Waals surface area contributed by atoms with Crippen LogP contribution in [0.4, 0.5) is 0 Å². The van der Waals surface area contributed by atoms with E-state index in [4.69, 9.17) is 27.6 Å². The number of carbonyl (C=O) groups excluding carboxylic acids is 2. The third-order valence-corrected chi connectivity index (χ3v) is 3.21. The summed E-state index contributed by atoms with van der Waals surface area (Å²) in [5.74, 6) is -0.603. The van der Waals surface area contributed by atoms with Gasteiger partial charge in [0.15, 0.2) is 5.76 Å². The smallest absolute Gasteiger partial charge is 0.325 e. The summed E-state index contributed by atoms with van der Waals surface area (Å²) in [6, 6.07) is 8.02. The molecule has 5 nitrogen and oxygen atoms in total. The molecule has 2 aromatic rings. The van der Waals surface area contributed by atoms with Crippen molar-refractivity contribution >= 4 is 35.1 Å². The van der Waals surface area contributed by atoms with Crippen molar-refractivity contribution in [2.24, 2.45) is 0 Å². The third-order valence-electron chi connectivity index (χ3n) is 2.64. The lowest BCUT2D eigenvalue weighted by molar-refractivity contribution is -0.139. The van der Waals surface area contributed by atoms with Crippen LogP contribution in [0.3, 0.4) is 0 Å². The number of ether oxygens (including phenoxy) is 1. The van der Waals surface area contributed by atoms with Gasteiger partial charge in [-0.15, -0.1) is 0 Å². The molecule has 0 unspecified atom stereocenters. The minimum atomic E-state index is -0.548. The predicted molar refractivity (Wildman–Crippen MR) is 78.5 cm³/mol. The third kappa shape index (κ3) is 3.77. The number of hydrogen-bond donors (Lipinski definition) is 1. The first-order valence-electron chi connectivity index (χ1n) is 5.91. The van der Waals surface area contributed by atoms with Crippen molar-refractivity contribution in [3.8, 4) is 11.3 Å². The molecule has 0 saturated heterocycles. The Bertz CT molecular complexity index is 681. The fraction of sp³-hybridized carbons (Fsp3) is 0.143. The molecule has 0 saturated carbocycles. The van der Waals surface area contributed by atoms with E-state index in [1.54, 1.807) is 24.3 Å². The zero-order chi connectivity index (χ0) is 15.4. The number of rotatable bonds is 4. The highest BCUT2D eigenvalue weighted by atomic mass is 35.5. The minimum Gasteiger partial charge on any atom is -0.468 e. The molecule has 7 heteroatoms. The second kappa shape index (κ2) is 6.65. The Balaban J connectivity index is 2.16. The molecule has 0 aliphatic carbocycles. The van der Waals surface area contributed by atoms with Crippen LogP contribution in [0.2, 0.25) is 10.0 Å². The number of carbonyl (C=O) groups is 2. The van der Waals surface area contributed by atoms with Crippen molar-refractivity contribution in [2.75, 3.05) is 13.7 Å². The average Bonchev–Trinajstić information content (AvgIpc) is 2.96. The van der Waals surface area contributed by atoms with Crippen molar-refractivity contribution in [3.05, 3.63) is 46.1 Å². The number of esters is 1. The van der Waals surface area contributed by atoms with Crippen molar-refractivity contribution in [1.82, 2.24) is 5.32 Å². The molecular weight excluding hydrogens is 317 g/mol. The van der Waals surface area contributed by atoms with Crippen LogP contribution in [0.25, 0.3) is 11.3 Å². The molecule has 1 N–H and O–H groups in total. The van der Waals surface area contributed by atoms with Crippen molar-refractivity contribution in [1.29, 1.82) is 0 Å². The van der Waals surface area contributed by atoms with Gasteiger partial charge in [-0.25, -0.2) is 0 Å². The van der Waals surface area contributed by atoms with Crippen LogP contribution in [0.1, 0.15) is 10.6 Å². The van der Waals surface area contributed by atoms with Gasteiger partial charge in [0.25, 0.3) is 5.91 Å². The van der Waals surface area contributed by atoms with E-state index in [2.05, 4.69) is 10.1 Å². The van der Waals surface area contributed by atoms with E-state index in [1.807, 2.05) is 0 Å². The summed E-state index contributed by atoms with van der Waals surface area (Å²) in [6.07, 6.45) is 0. The SMILES string of the molecule is COC(=O)CNC(=O)c1ccc(-c2cc(Cl)ccc2Cl)o1. The lowest BCUT2D eigenvalue weighted by Gasteiger charge is -2.02.